The molecular formula is C23H16F4N2O2S. The molecular weight excluding hydrogens is 444 g/mol. The van der Waals surface area contributed by atoms with Crippen LogP contribution in [0.15, 0.2) is 72.8 Å². The molecule has 0 bridgehead atoms. The summed E-state index contributed by atoms with van der Waals surface area (Å²) in [5, 5.41) is 2.27. The van der Waals surface area contributed by atoms with Gasteiger partial charge in [-0.3, -0.25) is 14.5 Å². The van der Waals surface area contributed by atoms with E-state index < -0.39 is 28.8 Å². The number of carbonyl (C=O) groups excluding carboxylic acids is 2. The first kappa shape index (κ1) is 21.9. The molecule has 32 heavy (non-hydrogen) atoms. The molecule has 0 spiro atoms. The van der Waals surface area contributed by atoms with Crippen LogP contribution in [-0.2, 0) is 11.0 Å². The summed E-state index contributed by atoms with van der Waals surface area (Å²) in [4.78, 5) is 26.2. The Hall–Kier alpha value is -3.33. The first-order chi connectivity index (χ1) is 15.2. The summed E-state index contributed by atoms with van der Waals surface area (Å²) >= 11 is 1.36. The molecule has 4 rings (SSSR count). The lowest BCUT2D eigenvalue weighted by Gasteiger charge is -2.25. The van der Waals surface area contributed by atoms with Gasteiger partial charge in [0.2, 0.25) is 5.91 Å². The van der Waals surface area contributed by atoms with E-state index in [1.54, 1.807) is 24.3 Å². The molecule has 4 nitrogen and oxygen atoms in total. The number of anilines is 2. The summed E-state index contributed by atoms with van der Waals surface area (Å²) in [5.74, 6) is -0.986. The van der Waals surface area contributed by atoms with Gasteiger partial charge < -0.3 is 5.32 Å². The summed E-state index contributed by atoms with van der Waals surface area (Å²) < 4.78 is 51.8. The number of carbonyl (C=O) groups is 2. The number of alkyl halides is 3. The molecule has 1 atom stereocenters. The van der Waals surface area contributed by atoms with Gasteiger partial charge in [-0.1, -0.05) is 18.2 Å². The SMILES string of the molecule is O=C(Nc1ccc([C@@H]2SCC(=O)N2c2ccc(C(F)(F)F)cc2)cc1)c1cccc(F)c1. The van der Waals surface area contributed by atoms with Gasteiger partial charge in [0.1, 0.15) is 11.2 Å². The van der Waals surface area contributed by atoms with Gasteiger partial charge in [0.25, 0.3) is 5.91 Å². The van der Waals surface area contributed by atoms with E-state index in [0.29, 0.717) is 11.4 Å². The van der Waals surface area contributed by atoms with Crippen molar-refractivity contribution in [2.45, 2.75) is 11.6 Å². The van der Waals surface area contributed by atoms with Gasteiger partial charge in [0.05, 0.1) is 11.3 Å². The average molecular weight is 460 g/mol. The Morgan fingerprint density at radius 2 is 1.69 bits per heavy atom. The van der Waals surface area contributed by atoms with Crippen molar-refractivity contribution in [2.75, 3.05) is 16.0 Å². The van der Waals surface area contributed by atoms with Crippen molar-refractivity contribution in [1.29, 1.82) is 0 Å². The Bertz CT molecular complexity index is 1150. The highest BCUT2D eigenvalue weighted by molar-refractivity contribution is 8.00. The summed E-state index contributed by atoms with van der Waals surface area (Å²) in [6, 6.07) is 16.6. The van der Waals surface area contributed by atoms with Gasteiger partial charge in [0, 0.05) is 16.9 Å². The Labute approximate surface area is 185 Å². The second-order valence-electron chi connectivity index (χ2n) is 7.06. The zero-order valence-electron chi connectivity index (χ0n) is 16.4. The lowest BCUT2D eigenvalue weighted by atomic mass is 10.1. The van der Waals surface area contributed by atoms with Crippen LogP contribution in [0, 0.1) is 5.82 Å². The number of hydrogen-bond donors (Lipinski definition) is 1. The highest BCUT2D eigenvalue weighted by Crippen LogP contribution is 2.42. The van der Waals surface area contributed by atoms with Gasteiger partial charge in [0.15, 0.2) is 0 Å². The minimum atomic E-state index is -4.45. The molecule has 1 aliphatic heterocycles. The topological polar surface area (TPSA) is 49.4 Å². The second kappa shape index (κ2) is 8.66. The summed E-state index contributed by atoms with van der Waals surface area (Å²) in [6.45, 7) is 0. The fourth-order valence-electron chi connectivity index (χ4n) is 3.32. The number of amides is 2. The van der Waals surface area contributed by atoms with Crippen molar-refractivity contribution in [2.24, 2.45) is 0 Å². The number of benzene rings is 3. The Balaban J connectivity index is 1.51. The molecule has 0 radical (unpaired) electrons. The number of nitrogens with zero attached hydrogens (tertiary/aromatic N) is 1. The summed E-state index contributed by atoms with van der Waals surface area (Å²) in [7, 11) is 0. The predicted molar refractivity (Wildman–Crippen MR) is 115 cm³/mol. The molecule has 0 unspecified atom stereocenters. The first-order valence-electron chi connectivity index (χ1n) is 9.50. The lowest BCUT2D eigenvalue weighted by molar-refractivity contribution is -0.137. The van der Waals surface area contributed by atoms with Gasteiger partial charge in [-0.05, 0) is 60.2 Å². The molecule has 1 N–H and O–H groups in total. The van der Waals surface area contributed by atoms with Gasteiger partial charge in [-0.2, -0.15) is 13.2 Å². The van der Waals surface area contributed by atoms with Crippen molar-refractivity contribution in [1.82, 2.24) is 0 Å². The number of rotatable bonds is 4. The minimum absolute atomic E-state index is 0.180. The van der Waals surface area contributed by atoms with Crippen molar-refractivity contribution >= 4 is 35.0 Å². The zero-order chi connectivity index (χ0) is 22.9. The maximum atomic E-state index is 13.3. The van der Waals surface area contributed by atoms with E-state index in [9.17, 15) is 27.2 Å². The second-order valence-corrected chi connectivity index (χ2v) is 8.13. The standard InChI is InChI=1S/C23H16F4N2O2S/c24-17-3-1-2-15(12-17)21(31)28-18-8-4-14(5-9-18)22-29(20(30)13-32-22)19-10-6-16(7-11-19)23(25,26)27/h1-12,22H,13H2,(H,28,31)/t22-/m0/s1. The Morgan fingerprint density at radius 1 is 1.00 bits per heavy atom. The van der Waals surface area contributed by atoms with Crippen LogP contribution in [0.5, 0.6) is 0 Å². The van der Waals surface area contributed by atoms with Crippen LogP contribution < -0.4 is 10.2 Å². The first-order valence-corrected chi connectivity index (χ1v) is 10.5. The predicted octanol–water partition coefficient (Wildman–Crippen LogP) is 5.88. The lowest BCUT2D eigenvalue weighted by Crippen LogP contribution is -2.27. The minimum Gasteiger partial charge on any atom is -0.322 e. The average Bonchev–Trinajstić information content (AvgIpc) is 3.15. The van der Waals surface area contributed by atoms with Crippen LogP contribution in [0.4, 0.5) is 28.9 Å². The molecule has 0 saturated carbocycles. The van der Waals surface area contributed by atoms with Crippen LogP contribution >= 0.6 is 11.8 Å². The molecule has 1 aliphatic rings. The van der Waals surface area contributed by atoms with Crippen LogP contribution in [0.2, 0.25) is 0 Å². The van der Waals surface area contributed by atoms with E-state index in [1.165, 1.54) is 47.0 Å². The third kappa shape index (κ3) is 4.62. The third-order valence-corrected chi connectivity index (χ3v) is 6.09. The van der Waals surface area contributed by atoms with Gasteiger partial charge in [-0.25, -0.2) is 4.39 Å². The molecule has 0 aromatic heterocycles. The molecule has 0 aliphatic carbocycles. The van der Waals surface area contributed by atoms with E-state index >= 15 is 0 Å². The quantitative estimate of drug-likeness (QED) is 0.495. The largest absolute Gasteiger partial charge is 0.416 e. The van der Waals surface area contributed by atoms with Crippen molar-refractivity contribution < 1.29 is 27.2 Å². The third-order valence-electron chi connectivity index (χ3n) is 4.88. The fraction of sp³-hybridized carbons (Fsp3) is 0.130. The monoisotopic (exact) mass is 460 g/mol. The van der Waals surface area contributed by atoms with Crippen LogP contribution in [-0.4, -0.2) is 17.6 Å². The molecule has 1 saturated heterocycles. The normalized spacial score (nSPS) is 16.3. The van der Waals surface area contributed by atoms with Crippen LogP contribution in [0.3, 0.4) is 0 Å². The highest BCUT2D eigenvalue weighted by atomic mass is 32.2. The van der Waals surface area contributed by atoms with Crippen LogP contribution in [0.25, 0.3) is 0 Å². The van der Waals surface area contributed by atoms with E-state index in [1.807, 2.05) is 0 Å². The molecule has 2 amide bonds. The smallest absolute Gasteiger partial charge is 0.322 e. The van der Waals surface area contributed by atoms with Gasteiger partial charge in [-0.15, -0.1) is 11.8 Å². The zero-order valence-corrected chi connectivity index (χ0v) is 17.2. The Kier molecular flexibility index (Phi) is 5.92. The summed E-state index contributed by atoms with van der Waals surface area (Å²) in [5.41, 5.74) is 1.01. The highest BCUT2D eigenvalue weighted by Gasteiger charge is 2.35. The molecule has 1 fully saturated rings. The Morgan fingerprint density at radius 3 is 2.31 bits per heavy atom. The number of thioether (sulfide) groups is 1. The van der Waals surface area contributed by atoms with Crippen molar-refractivity contribution in [3.8, 4) is 0 Å². The maximum absolute atomic E-state index is 13.3. The number of nitrogens with one attached hydrogen (secondary N) is 1. The fourth-order valence-corrected chi connectivity index (χ4v) is 4.50. The molecule has 3 aromatic rings. The van der Waals surface area contributed by atoms with Crippen LogP contribution in [0.1, 0.15) is 26.9 Å². The molecule has 164 valence electrons. The van der Waals surface area contributed by atoms with Crippen molar-refractivity contribution in [3.63, 3.8) is 0 Å². The summed E-state index contributed by atoms with van der Waals surface area (Å²) in [6.07, 6.45) is -4.45. The number of halogens is 4. The number of hydrogen-bond acceptors (Lipinski definition) is 3. The molecule has 1 heterocycles. The van der Waals surface area contributed by atoms with E-state index in [2.05, 4.69) is 5.32 Å². The van der Waals surface area contributed by atoms with E-state index in [0.717, 1.165) is 23.8 Å². The van der Waals surface area contributed by atoms with Gasteiger partial charge >= 0.3 is 6.18 Å². The molecule has 9 heteroatoms. The maximum Gasteiger partial charge on any atom is 0.416 e. The van der Waals surface area contributed by atoms with E-state index in [4.69, 9.17) is 0 Å². The van der Waals surface area contributed by atoms with E-state index in [-0.39, 0.29) is 17.2 Å². The molecule has 3 aromatic carbocycles. The van der Waals surface area contributed by atoms with Crippen molar-refractivity contribution in [3.05, 3.63) is 95.3 Å².